The molecule has 1 aliphatic heterocycles. The van der Waals surface area contributed by atoms with Crippen molar-refractivity contribution >= 4 is 17.2 Å². The average Bonchev–Trinajstić information content (AvgIpc) is 2.21. The first-order valence-electron chi connectivity index (χ1n) is 5.83. The number of likely N-dealkylation sites (N-methyl/N-ethyl adjacent to an activating group) is 1. The van der Waals surface area contributed by atoms with E-state index in [1.165, 1.54) is 6.42 Å². The van der Waals surface area contributed by atoms with Gasteiger partial charge in [-0.1, -0.05) is 26.1 Å². The second-order valence-electron chi connectivity index (χ2n) is 4.36. The Morgan fingerprint density at radius 2 is 2.13 bits per heavy atom. The van der Waals surface area contributed by atoms with E-state index in [2.05, 4.69) is 30.7 Å². The summed E-state index contributed by atoms with van der Waals surface area (Å²) < 4.78 is 0. The average molecular weight is 229 g/mol. The summed E-state index contributed by atoms with van der Waals surface area (Å²) in [6.07, 6.45) is 2.22. The molecule has 0 radical (unpaired) electrons. The molecular formula is C11H23N3S. The van der Waals surface area contributed by atoms with Gasteiger partial charge in [0.15, 0.2) is 0 Å². The van der Waals surface area contributed by atoms with Crippen LogP contribution in [0.1, 0.15) is 26.7 Å². The summed E-state index contributed by atoms with van der Waals surface area (Å²) in [4.78, 5) is 5.52. The predicted molar refractivity (Wildman–Crippen MR) is 69.1 cm³/mol. The van der Waals surface area contributed by atoms with Crippen molar-refractivity contribution in [2.45, 2.75) is 38.8 Å². The Morgan fingerprint density at radius 1 is 1.47 bits per heavy atom. The Bertz CT molecular complexity index is 220. The molecule has 0 aliphatic carbocycles. The van der Waals surface area contributed by atoms with Crippen LogP contribution in [0.25, 0.3) is 0 Å². The van der Waals surface area contributed by atoms with Crippen molar-refractivity contribution in [1.82, 2.24) is 9.80 Å². The highest BCUT2D eigenvalue weighted by Crippen LogP contribution is 2.15. The van der Waals surface area contributed by atoms with Crippen molar-refractivity contribution in [3.63, 3.8) is 0 Å². The van der Waals surface area contributed by atoms with Gasteiger partial charge >= 0.3 is 0 Å². The molecule has 0 aromatic carbocycles. The normalized spacial score (nSPS) is 26.5. The molecule has 0 amide bonds. The zero-order chi connectivity index (χ0) is 11.4. The SMILES string of the molecule is CCC1CN(C(CC)C(N)=S)CCN1C. The quantitative estimate of drug-likeness (QED) is 0.731. The summed E-state index contributed by atoms with van der Waals surface area (Å²) in [6.45, 7) is 7.71. The predicted octanol–water partition coefficient (Wildman–Crippen LogP) is 1.08. The van der Waals surface area contributed by atoms with Crippen LogP contribution in [-0.2, 0) is 0 Å². The third kappa shape index (κ3) is 3.13. The van der Waals surface area contributed by atoms with Crippen LogP contribution in [0.15, 0.2) is 0 Å². The van der Waals surface area contributed by atoms with Crippen molar-refractivity contribution in [3.05, 3.63) is 0 Å². The zero-order valence-electron chi connectivity index (χ0n) is 10.1. The number of nitrogens with two attached hydrogens (primary N) is 1. The van der Waals surface area contributed by atoms with E-state index in [1.54, 1.807) is 0 Å². The van der Waals surface area contributed by atoms with Gasteiger partial charge in [0.2, 0.25) is 0 Å². The minimum absolute atomic E-state index is 0.294. The standard InChI is InChI=1S/C11H23N3S/c1-4-9-8-14(7-6-13(9)3)10(5-2)11(12)15/h9-10H,4-8H2,1-3H3,(H2,12,15). The molecule has 0 bridgehead atoms. The van der Waals surface area contributed by atoms with Crippen LogP contribution in [0.3, 0.4) is 0 Å². The van der Waals surface area contributed by atoms with Crippen LogP contribution < -0.4 is 5.73 Å². The molecule has 2 atom stereocenters. The zero-order valence-corrected chi connectivity index (χ0v) is 10.9. The first-order chi connectivity index (χ1) is 7.10. The second-order valence-corrected chi connectivity index (χ2v) is 4.84. The molecule has 88 valence electrons. The maximum absolute atomic E-state index is 5.78. The van der Waals surface area contributed by atoms with Gasteiger partial charge < -0.3 is 10.6 Å². The largest absolute Gasteiger partial charge is 0.392 e. The molecule has 0 spiro atoms. The van der Waals surface area contributed by atoms with E-state index in [4.69, 9.17) is 18.0 Å². The summed E-state index contributed by atoms with van der Waals surface area (Å²) in [5, 5.41) is 0. The van der Waals surface area contributed by atoms with E-state index in [0.29, 0.717) is 17.1 Å². The third-order valence-corrected chi connectivity index (χ3v) is 3.71. The minimum atomic E-state index is 0.294. The van der Waals surface area contributed by atoms with E-state index in [-0.39, 0.29) is 0 Å². The van der Waals surface area contributed by atoms with Gasteiger partial charge in [0.25, 0.3) is 0 Å². The van der Waals surface area contributed by atoms with Crippen LogP contribution in [0.4, 0.5) is 0 Å². The summed E-state index contributed by atoms with van der Waals surface area (Å²) in [5.41, 5.74) is 5.78. The highest BCUT2D eigenvalue weighted by molar-refractivity contribution is 7.80. The van der Waals surface area contributed by atoms with E-state index >= 15 is 0 Å². The van der Waals surface area contributed by atoms with Crippen LogP contribution >= 0.6 is 12.2 Å². The number of hydrogen-bond donors (Lipinski definition) is 1. The summed E-state index contributed by atoms with van der Waals surface area (Å²) >= 11 is 5.12. The van der Waals surface area contributed by atoms with E-state index < -0.39 is 0 Å². The molecule has 1 fully saturated rings. The van der Waals surface area contributed by atoms with Gasteiger partial charge in [-0.15, -0.1) is 0 Å². The van der Waals surface area contributed by atoms with Gasteiger partial charge in [-0.2, -0.15) is 0 Å². The molecule has 2 N–H and O–H groups in total. The lowest BCUT2D eigenvalue weighted by Gasteiger charge is -2.42. The number of nitrogens with zero attached hydrogens (tertiary/aromatic N) is 2. The molecule has 1 rings (SSSR count). The molecule has 4 heteroatoms. The van der Waals surface area contributed by atoms with Gasteiger partial charge in [-0.3, -0.25) is 4.90 Å². The Kier molecular flexibility index (Phi) is 4.96. The molecule has 0 saturated carbocycles. The molecule has 0 aromatic rings. The number of rotatable bonds is 4. The van der Waals surface area contributed by atoms with Crippen molar-refractivity contribution < 1.29 is 0 Å². The number of hydrogen-bond acceptors (Lipinski definition) is 3. The smallest absolute Gasteiger partial charge is 0.0901 e. The maximum Gasteiger partial charge on any atom is 0.0901 e. The first kappa shape index (κ1) is 12.9. The fourth-order valence-corrected chi connectivity index (χ4v) is 2.65. The molecule has 0 aromatic heterocycles. The topological polar surface area (TPSA) is 32.5 Å². The minimum Gasteiger partial charge on any atom is -0.392 e. The van der Waals surface area contributed by atoms with Gasteiger partial charge in [0, 0.05) is 25.7 Å². The molecule has 2 unspecified atom stereocenters. The highest BCUT2D eigenvalue weighted by Gasteiger charge is 2.28. The molecule has 15 heavy (non-hydrogen) atoms. The van der Waals surface area contributed by atoms with Crippen molar-refractivity contribution in [1.29, 1.82) is 0 Å². The molecule has 3 nitrogen and oxygen atoms in total. The van der Waals surface area contributed by atoms with Crippen LogP contribution in [0.5, 0.6) is 0 Å². The Hall–Kier alpha value is -0.190. The van der Waals surface area contributed by atoms with Crippen LogP contribution in [0.2, 0.25) is 0 Å². The lowest BCUT2D eigenvalue weighted by molar-refractivity contribution is 0.0797. The molecular weight excluding hydrogens is 206 g/mol. The summed E-state index contributed by atoms with van der Waals surface area (Å²) in [5.74, 6) is 0. The molecule has 1 heterocycles. The summed E-state index contributed by atoms with van der Waals surface area (Å²) in [7, 11) is 2.20. The Labute approximate surface area is 98.6 Å². The number of thiocarbonyl (C=S) groups is 1. The number of piperazine rings is 1. The van der Waals surface area contributed by atoms with Gasteiger partial charge in [0.05, 0.1) is 11.0 Å². The lowest BCUT2D eigenvalue weighted by atomic mass is 10.1. The van der Waals surface area contributed by atoms with Crippen molar-refractivity contribution in [3.8, 4) is 0 Å². The van der Waals surface area contributed by atoms with E-state index in [1.807, 2.05) is 0 Å². The fourth-order valence-electron chi connectivity index (χ4n) is 2.33. The van der Waals surface area contributed by atoms with E-state index in [9.17, 15) is 0 Å². The maximum atomic E-state index is 5.78. The van der Waals surface area contributed by atoms with Gasteiger partial charge in [-0.25, -0.2) is 0 Å². The van der Waals surface area contributed by atoms with Crippen LogP contribution in [0, 0.1) is 0 Å². The monoisotopic (exact) mass is 229 g/mol. The molecule has 1 saturated heterocycles. The van der Waals surface area contributed by atoms with Gasteiger partial charge in [-0.05, 0) is 19.9 Å². The Balaban J connectivity index is 2.60. The van der Waals surface area contributed by atoms with Crippen LogP contribution in [-0.4, -0.2) is 53.6 Å². The van der Waals surface area contributed by atoms with Crippen molar-refractivity contribution in [2.24, 2.45) is 5.73 Å². The lowest BCUT2D eigenvalue weighted by Crippen LogP contribution is -2.56. The first-order valence-corrected chi connectivity index (χ1v) is 6.24. The summed E-state index contributed by atoms with van der Waals surface area (Å²) in [6, 6.07) is 0.949. The van der Waals surface area contributed by atoms with E-state index in [0.717, 1.165) is 26.1 Å². The van der Waals surface area contributed by atoms with Gasteiger partial charge in [0.1, 0.15) is 0 Å². The highest BCUT2D eigenvalue weighted by atomic mass is 32.1. The second kappa shape index (κ2) is 5.77. The fraction of sp³-hybridized carbons (Fsp3) is 0.909. The third-order valence-electron chi connectivity index (χ3n) is 3.44. The molecule has 1 aliphatic rings. The van der Waals surface area contributed by atoms with Crippen molar-refractivity contribution in [2.75, 3.05) is 26.7 Å². The Morgan fingerprint density at radius 3 is 2.60 bits per heavy atom.